The van der Waals surface area contributed by atoms with Crippen molar-refractivity contribution in [3.05, 3.63) is 105 Å². The largest absolute Gasteiger partial charge is 0.325 e. The van der Waals surface area contributed by atoms with Gasteiger partial charge in [-0.15, -0.1) is 0 Å². The molecule has 0 bridgehead atoms. The number of hydrogen-bond donors (Lipinski definition) is 1. The summed E-state index contributed by atoms with van der Waals surface area (Å²) in [5.74, 6) is 0.0474. The third-order valence-corrected chi connectivity index (χ3v) is 9.50. The van der Waals surface area contributed by atoms with Crippen LogP contribution < -0.4 is 5.32 Å². The van der Waals surface area contributed by atoms with Gasteiger partial charge in [-0.05, 0) is 93.9 Å². The number of Topliss-reactive ketones (excluding diaryl/α,β-unsaturated/α-hetero) is 1. The summed E-state index contributed by atoms with van der Waals surface area (Å²) < 4.78 is 0. The fourth-order valence-corrected chi connectivity index (χ4v) is 6.76. The van der Waals surface area contributed by atoms with Crippen molar-refractivity contribution in [2.24, 2.45) is 5.41 Å². The van der Waals surface area contributed by atoms with Crippen LogP contribution in [0, 0.1) is 33.1 Å². The third-order valence-electron chi connectivity index (χ3n) is 9.50. The minimum Gasteiger partial charge on any atom is -0.315 e. The Labute approximate surface area is 236 Å². The second kappa shape index (κ2) is 9.70. The normalized spacial score (nSPS) is 19.8. The quantitative estimate of drug-likeness (QED) is 0.454. The van der Waals surface area contributed by atoms with Crippen LogP contribution in [-0.4, -0.2) is 53.7 Å². The number of nitrogens with one attached hydrogen (secondary N) is 1. The fourth-order valence-electron chi connectivity index (χ4n) is 6.76. The Hall–Kier alpha value is -3.77. The predicted molar refractivity (Wildman–Crippen MR) is 155 cm³/mol. The molecule has 3 aliphatic rings. The summed E-state index contributed by atoms with van der Waals surface area (Å²) in [6, 6.07) is 19.5. The van der Waals surface area contributed by atoms with E-state index in [2.05, 4.69) is 36.2 Å². The standard InChI is InChI=1S/C34H37N3O3/c1-22-5-9-27(10-6-22)34(28-11-7-23(2)8-12-28)31(39)37(32(40)35-34)18-17-36-15-13-33(14-16-36)21-26-19-24(3)25(4)20-29(26)30(33)38/h5-12,19-20H,13-18,21H2,1-4H3,(H,35,40). The molecule has 1 spiro atoms. The Morgan fingerprint density at radius 3 is 1.88 bits per heavy atom. The number of piperidine rings is 1. The molecule has 40 heavy (non-hydrogen) atoms. The van der Waals surface area contributed by atoms with Crippen molar-refractivity contribution >= 4 is 17.7 Å². The van der Waals surface area contributed by atoms with Crippen molar-refractivity contribution < 1.29 is 14.4 Å². The van der Waals surface area contributed by atoms with Gasteiger partial charge in [-0.3, -0.25) is 14.5 Å². The lowest BCUT2D eigenvalue weighted by Gasteiger charge is -2.38. The minimum atomic E-state index is -1.25. The van der Waals surface area contributed by atoms with Crippen LogP contribution in [0.1, 0.15) is 62.1 Å². The molecule has 2 saturated heterocycles. The molecule has 1 aliphatic carbocycles. The van der Waals surface area contributed by atoms with Gasteiger partial charge in [-0.25, -0.2) is 4.79 Å². The Kier molecular flexibility index (Phi) is 6.42. The van der Waals surface area contributed by atoms with Gasteiger partial charge in [0.05, 0.1) is 0 Å². The number of hydrogen-bond acceptors (Lipinski definition) is 4. The number of likely N-dealkylation sites (tertiary alicyclic amines) is 1. The van der Waals surface area contributed by atoms with Crippen molar-refractivity contribution in [3.8, 4) is 0 Å². The van der Waals surface area contributed by atoms with E-state index < -0.39 is 5.54 Å². The number of carbonyl (C=O) groups excluding carboxylic acids is 3. The van der Waals surface area contributed by atoms with E-state index in [4.69, 9.17) is 0 Å². The number of carbonyl (C=O) groups is 3. The van der Waals surface area contributed by atoms with Gasteiger partial charge in [0, 0.05) is 24.1 Å². The van der Waals surface area contributed by atoms with Crippen LogP contribution >= 0.6 is 0 Å². The zero-order valence-corrected chi connectivity index (χ0v) is 23.8. The Bertz CT molecular complexity index is 1450. The summed E-state index contributed by atoms with van der Waals surface area (Å²) in [7, 11) is 0. The molecule has 3 amide bonds. The molecule has 206 valence electrons. The van der Waals surface area contributed by atoms with E-state index >= 15 is 0 Å². The number of imide groups is 1. The number of amides is 3. The molecule has 6 nitrogen and oxygen atoms in total. The number of fused-ring (bicyclic) bond motifs is 1. The molecule has 0 unspecified atom stereocenters. The Morgan fingerprint density at radius 2 is 1.30 bits per heavy atom. The number of aryl methyl sites for hydroxylation is 4. The average Bonchev–Trinajstić information content (AvgIpc) is 3.34. The molecule has 6 heteroatoms. The number of ketones is 1. The summed E-state index contributed by atoms with van der Waals surface area (Å²) in [5.41, 5.74) is 6.63. The molecule has 6 rings (SSSR count). The Morgan fingerprint density at radius 1 is 0.750 bits per heavy atom. The molecule has 0 aromatic heterocycles. The molecule has 1 N–H and O–H groups in total. The van der Waals surface area contributed by atoms with Gasteiger partial charge in [-0.2, -0.15) is 0 Å². The van der Waals surface area contributed by atoms with Crippen LogP contribution in [0.25, 0.3) is 0 Å². The fraction of sp³-hybridized carbons (Fsp3) is 0.382. The molecule has 2 heterocycles. The summed E-state index contributed by atoms with van der Waals surface area (Å²) in [6.07, 6.45) is 2.42. The van der Waals surface area contributed by atoms with Crippen LogP contribution in [0.15, 0.2) is 60.7 Å². The smallest absolute Gasteiger partial charge is 0.315 e. The van der Waals surface area contributed by atoms with E-state index in [-0.39, 0.29) is 17.4 Å². The molecule has 2 aliphatic heterocycles. The van der Waals surface area contributed by atoms with Crippen molar-refractivity contribution in [1.29, 1.82) is 0 Å². The summed E-state index contributed by atoms with van der Waals surface area (Å²) in [6.45, 7) is 10.6. The minimum absolute atomic E-state index is 0.245. The Balaban J connectivity index is 1.17. The van der Waals surface area contributed by atoms with Gasteiger partial charge in [0.2, 0.25) is 0 Å². The topological polar surface area (TPSA) is 69.7 Å². The first-order chi connectivity index (χ1) is 19.1. The lowest BCUT2D eigenvalue weighted by atomic mass is 9.75. The second-order valence-corrected chi connectivity index (χ2v) is 12.1. The van der Waals surface area contributed by atoms with Crippen molar-refractivity contribution in [2.45, 2.75) is 52.5 Å². The number of benzene rings is 3. The monoisotopic (exact) mass is 535 g/mol. The van der Waals surface area contributed by atoms with Crippen LogP contribution in [0.5, 0.6) is 0 Å². The van der Waals surface area contributed by atoms with Gasteiger partial charge < -0.3 is 10.2 Å². The first kappa shape index (κ1) is 26.5. The van der Waals surface area contributed by atoms with E-state index in [1.54, 1.807) is 0 Å². The molecule has 0 radical (unpaired) electrons. The highest BCUT2D eigenvalue weighted by Crippen LogP contribution is 2.45. The van der Waals surface area contributed by atoms with Crippen LogP contribution in [-0.2, 0) is 16.8 Å². The highest BCUT2D eigenvalue weighted by atomic mass is 16.2. The maximum absolute atomic E-state index is 14.1. The van der Waals surface area contributed by atoms with Gasteiger partial charge in [0.15, 0.2) is 11.3 Å². The lowest BCUT2D eigenvalue weighted by Crippen LogP contribution is -2.47. The number of urea groups is 1. The molecule has 0 saturated carbocycles. The van der Waals surface area contributed by atoms with Gasteiger partial charge >= 0.3 is 6.03 Å². The molecule has 0 atom stereocenters. The highest BCUT2D eigenvalue weighted by Gasteiger charge is 2.54. The van der Waals surface area contributed by atoms with Crippen molar-refractivity contribution in [2.75, 3.05) is 26.2 Å². The van der Waals surface area contributed by atoms with Crippen molar-refractivity contribution in [1.82, 2.24) is 15.1 Å². The van der Waals surface area contributed by atoms with E-state index in [1.165, 1.54) is 21.6 Å². The zero-order valence-electron chi connectivity index (χ0n) is 23.8. The maximum Gasteiger partial charge on any atom is 0.325 e. The molecular weight excluding hydrogens is 498 g/mol. The van der Waals surface area contributed by atoms with Gasteiger partial charge in [0.25, 0.3) is 5.91 Å². The van der Waals surface area contributed by atoms with Gasteiger partial charge in [0.1, 0.15) is 0 Å². The summed E-state index contributed by atoms with van der Waals surface area (Å²) in [5, 5.41) is 3.07. The van der Waals surface area contributed by atoms with Crippen LogP contribution in [0.4, 0.5) is 4.79 Å². The molecular formula is C34H37N3O3. The maximum atomic E-state index is 14.1. The van der Waals surface area contributed by atoms with Crippen LogP contribution in [0.3, 0.4) is 0 Å². The third kappa shape index (κ3) is 4.17. The van der Waals surface area contributed by atoms with Gasteiger partial charge in [-0.1, -0.05) is 65.7 Å². The predicted octanol–water partition coefficient (Wildman–Crippen LogP) is 5.24. The van der Waals surface area contributed by atoms with E-state index in [1.807, 2.05) is 62.4 Å². The highest BCUT2D eigenvalue weighted by molar-refractivity contribution is 6.09. The molecule has 3 aromatic rings. The SMILES string of the molecule is Cc1ccc(C2(c3ccc(C)cc3)NC(=O)N(CCN3CCC4(CC3)Cc3cc(C)c(C)cc3C4=O)C2=O)cc1. The van der Waals surface area contributed by atoms with Crippen molar-refractivity contribution in [3.63, 3.8) is 0 Å². The first-order valence-electron chi connectivity index (χ1n) is 14.3. The lowest BCUT2D eigenvalue weighted by molar-refractivity contribution is -0.130. The van der Waals surface area contributed by atoms with Crippen LogP contribution in [0.2, 0.25) is 0 Å². The molecule has 3 aromatic carbocycles. The first-order valence-corrected chi connectivity index (χ1v) is 14.3. The zero-order chi connectivity index (χ0) is 28.2. The number of nitrogens with zero attached hydrogens (tertiary/aromatic N) is 2. The summed E-state index contributed by atoms with van der Waals surface area (Å²) >= 11 is 0. The van der Waals surface area contributed by atoms with E-state index in [0.29, 0.717) is 18.9 Å². The van der Waals surface area contributed by atoms with E-state index in [9.17, 15) is 14.4 Å². The second-order valence-electron chi connectivity index (χ2n) is 12.1. The summed E-state index contributed by atoms with van der Waals surface area (Å²) in [4.78, 5) is 44.5. The number of rotatable bonds is 5. The molecule has 2 fully saturated rings. The van der Waals surface area contributed by atoms with E-state index in [0.717, 1.165) is 60.2 Å². The average molecular weight is 536 g/mol.